The van der Waals surface area contributed by atoms with E-state index in [4.69, 9.17) is 0 Å². The molecule has 2 rings (SSSR count). The minimum atomic E-state index is -0.0342. The van der Waals surface area contributed by atoms with Gasteiger partial charge in [-0.1, -0.05) is 13.8 Å². The first-order valence-electron chi connectivity index (χ1n) is 5.60. The van der Waals surface area contributed by atoms with Crippen LogP contribution < -0.4 is 0 Å². The lowest BCUT2D eigenvalue weighted by Crippen LogP contribution is -2.55. The Balaban J connectivity index is 1.79. The fourth-order valence-corrected chi connectivity index (χ4v) is 2.59. The van der Waals surface area contributed by atoms with Crippen LogP contribution in [0.2, 0.25) is 0 Å². The SMILES string of the molecule is CC(C)C1CN(C2CCCC2O)C1. The predicted molar refractivity (Wildman–Crippen MR) is 53.5 cm³/mol. The molecule has 1 saturated carbocycles. The van der Waals surface area contributed by atoms with Crippen LogP contribution >= 0.6 is 0 Å². The van der Waals surface area contributed by atoms with Gasteiger partial charge in [0.05, 0.1) is 6.10 Å². The number of nitrogens with zero attached hydrogens (tertiary/aromatic N) is 1. The first-order chi connectivity index (χ1) is 6.18. The predicted octanol–water partition coefficient (Wildman–Crippen LogP) is 1.49. The maximum atomic E-state index is 9.71. The second kappa shape index (κ2) is 3.58. The summed E-state index contributed by atoms with van der Waals surface area (Å²) < 4.78 is 0. The van der Waals surface area contributed by atoms with Crippen molar-refractivity contribution < 1.29 is 5.11 Å². The van der Waals surface area contributed by atoms with E-state index < -0.39 is 0 Å². The van der Waals surface area contributed by atoms with Crippen LogP contribution in [0, 0.1) is 11.8 Å². The summed E-state index contributed by atoms with van der Waals surface area (Å²) >= 11 is 0. The third-order valence-electron chi connectivity index (χ3n) is 3.79. The number of hydrogen-bond acceptors (Lipinski definition) is 2. The van der Waals surface area contributed by atoms with E-state index in [-0.39, 0.29) is 6.10 Å². The van der Waals surface area contributed by atoms with Crippen molar-refractivity contribution in [1.82, 2.24) is 4.90 Å². The zero-order valence-electron chi connectivity index (χ0n) is 8.74. The molecule has 0 aromatic rings. The van der Waals surface area contributed by atoms with E-state index in [2.05, 4.69) is 18.7 Å². The topological polar surface area (TPSA) is 23.5 Å². The highest BCUT2D eigenvalue weighted by Crippen LogP contribution is 2.32. The Morgan fingerprint density at radius 1 is 1.23 bits per heavy atom. The van der Waals surface area contributed by atoms with Crippen molar-refractivity contribution in [2.75, 3.05) is 13.1 Å². The van der Waals surface area contributed by atoms with Gasteiger partial charge in [0.15, 0.2) is 0 Å². The van der Waals surface area contributed by atoms with Crippen molar-refractivity contribution in [2.24, 2.45) is 11.8 Å². The molecule has 2 fully saturated rings. The molecule has 2 atom stereocenters. The van der Waals surface area contributed by atoms with Crippen molar-refractivity contribution in [1.29, 1.82) is 0 Å². The Morgan fingerprint density at radius 3 is 2.38 bits per heavy atom. The molecule has 0 amide bonds. The molecule has 0 aromatic carbocycles. The molecule has 1 aliphatic carbocycles. The molecule has 0 aromatic heterocycles. The van der Waals surface area contributed by atoms with Gasteiger partial charge in [-0.3, -0.25) is 4.90 Å². The van der Waals surface area contributed by atoms with E-state index >= 15 is 0 Å². The highest BCUT2D eigenvalue weighted by atomic mass is 16.3. The summed E-state index contributed by atoms with van der Waals surface area (Å²) in [5.74, 6) is 1.70. The van der Waals surface area contributed by atoms with Gasteiger partial charge in [-0.25, -0.2) is 0 Å². The first kappa shape index (κ1) is 9.47. The van der Waals surface area contributed by atoms with Crippen LogP contribution in [0.25, 0.3) is 0 Å². The number of aliphatic hydroxyl groups is 1. The summed E-state index contributed by atoms with van der Waals surface area (Å²) in [6.45, 7) is 7.04. The third-order valence-corrected chi connectivity index (χ3v) is 3.79. The first-order valence-corrected chi connectivity index (χ1v) is 5.60. The Bertz CT molecular complexity index is 175. The van der Waals surface area contributed by atoms with Gasteiger partial charge in [-0.05, 0) is 31.1 Å². The van der Waals surface area contributed by atoms with E-state index in [1.807, 2.05) is 0 Å². The van der Waals surface area contributed by atoms with E-state index in [0.717, 1.165) is 18.3 Å². The van der Waals surface area contributed by atoms with Crippen LogP contribution in [0.15, 0.2) is 0 Å². The summed E-state index contributed by atoms with van der Waals surface area (Å²) in [5.41, 5.74) is 0. The Labute approximate surface area is 80.9 Å². The lowest BCUT2D eigenvalue weighted by molar-refractivity contribution is -0.0162. The number of aliphatic hydroxyl groups excluding tert-OH is 1. The van der Waals surface area contributed by atoms with Crippen LogP contribution in [-0.2, 0) is 0 Å². The minimum Gasteiger partial charge on any atom is -0.391 e. The third kappa shape index (κ3) is 1.75. The molecule has 13 heavy (non-hydrogen) atoms. The van der Waals surface area contributed by atoms with Gasteiger partial charge in [0.1, 0.15) is 0 Å². The number of hydrogen-bond donors (Lipinski definition) is 1. The highest BCUT2D eigenvalue weighted by Gasteiger charge is 2.38. The molecular formula is C11H21NO. The van der Waals surface area contributed by atoms with Gasteiger partial charge in [-0.2, -0.15) is 0 Å². The number of rotatable bonds is 2. The summed E-state index contributed by atoms with van der Waals surface area (Å²) in [5, 5.41) is 9.71. The average molecular weight is 183 g/mol. The van der Waals surface area contributed by atoms with Crippen LogP contribution in [-0.4, -0.2) is 35.2 Å². The minimum absolute atomic E-state index is 0.0342. The zero-order valence-corrected chi connectivity index (χ0v) is 8.74. The summed E-state index contributed by atoms with van der Waals surface area (Å²) in [4.78, 5) is 2.47. The quantitative estimate of drug-likeness (QED) is 0.701. The molecule has 76 valence electrons. The summed E-state index contributed by atoms with van der Waals surface area (Å²) in [6.07, 6.45) is 3.42. The second-order valence-corrected chi connectivity index (χ2v) is 5.02. The fourth-order valence-electron chi connectivity index (χ4n) is 2.59. The highest BCUT2D eigenvalue weighted by molar-refractivity contribution is 4.92. The van der Waals surface area contributed by atoms with E-state index in [9.17, 15) is 5.11 Å². The van der Waals surface area contributed by atoms with Crippen molar-refractivity contribution in [3.8, 4) is 0 Å². The molecule has 1 aliphatic heterocycles. The zero-order chi connectivity index (χ0) is 9.42. The van der Waals surface area contributed by atoms with Crippen molar-refractivity contribution in [2.45, 2.75) is 45.3 Å². The summed E-state index contributed by atoms with van der Waals surface area (Å²) in [7, 11) is 0. The normalized spacial score (nSPS) is 36.9. The monoisotopic (exact) mass is 183 g/mol. The standard InChI is InChI=1S/C11H21NO/c1-8(2)9-6-12(7-9)10-4-3-5-11(10)13/h8-11,13H,3-7H2,1-2H3. The van der Waals surface area contributed by atoms with Crippen LogP contribution in [0.1, 0.15) is 33.1 Å². The van der Waals surface area contributed by atoms with Gasteiger partial charge in [0.25, 0.3) is 0 Å². The molecule has 2 aliphatic rings. The van der Waals surface area contributed by atoms with Crippen LogP contribution in [0.3, 0.4) is 0 Å². The molecule has 1 saturated heterocycles. The van der Waals surface area contributed by atoms with Gasteiger partial charge in [0, 0.05) is 19.1 Å². The van der Waals surface area contributed by atoms with Gasteiger partial charge in [-0.15, -0.1) is 0 Å². The molecule has 0 spiro atoms. The van der Waals surface area contributed by atoms with Crippen molar-refractivity contribution in [3.63, 3.8) is 0 Å². The second-order valence-electron chi connectivity index (χ2n) is 5.02. The molecule has 0 bridgehead atoms. The van der Waals surface area contributed by atoms with Crippen LogP contribution in [0.5, 0.6) is 0 Å². The van der Waals surface area contributed by atoms with Gasteiger partial charge >= 0.3 is 0 Å². The molecule has 1 N–H and O–H groups in total. The smallest absolute Gasteiger partial charge is 0.0695 e. The largest absolute Gasteiger partial charge is 0.391 e. The average Bonchev–Trinajstić information content (AvgIpc) is 2.32. The Morgan fingerprint density at radius 2 is 1.92 bits per heavy atom. The van der Waals surface area contributed by atoms with Crippen molar-refractivity contribution >= 4 is 0 Å². The van der Waals surface area contributed by atoms with Crippen LogP contribution in [0.4, 0.5) is 0 Å². The molecule has 0 radical (unpaired) electrons. The lowest BCUT2D eigenvalue weighted by atomic mass is 9.87. The fraction of sp³-hybridized carbons (Fsp3) is 1.00. The molecule has 2 nitrogen and oxygen atoms in total. The molecule has 2 heteroatoms. The molecule has 2 unspecified atom stereocenters. The Kier molecular flexibility index (Phi) is 2.61. The van der Waals surface area contributed by atoms with Crippen molar-refractivity contribution in [3.05, 3.63) is 0 Å². The summed E-state index contributed by atoms with van der Waals surface area (Å²) in [6, 6.07) is 0.495. The number of likely N-dealkylation sites (tertiary alicyclic amines) is 1. The van der Waals surface area contributed by atoms with E-state index in [0.29, 0.717) is 6.04 Å². The maximum absolute atomic E-state index is 9.71. The lowest BCUT2D eigenvalue weighted by Gasteiger charge is -2.46. The van der Waals surface area contributed by atoms with Gasteiger partial charge < -0.3 is 5.11 Å². The molecule has 1 heterocycles. The van der Waals surface area contributed by atoms with Gasteiger partial charge in [0.2, 0.25) is 0 Å². The van der Waals surface area contributed by atoms with E-state index in [1.54, 1.807) is 0 Å². The molecular weight excluding hydrogens is 162 g/mol. The van der Waals surface area contributed by atoms with E-state index in [1.165, 1.54) is 25.9 Å². The maximum Gasteiger partial charge on any atom is 0.0695 e. The Hall–Kier alpha value is -0.0800.